The molecule has 0 aromatic carbocycles. The van der Waals surface area contributed by atoms with Gasteiger partial charge in [0.1, 0.15) is 0 Å². The Bertz CT molecular complexity index is 301. The van der Waals surface area contributed by atoms with Crippen molar-refractivity contribution in [3.8, 4) is 0 Å². The van der Waals surface area contributed by atoms with Gasteiger partial charge < -0.3 is 5.11 Å². The summed E-state index contributed by atoms with van der Waals surface area (Å²) < 4.78 is 23.1. The summed E-state index contributed by atoms with van der Waals surface area (Å²) in [6, 6.07) is 0. The van der Waals surface area contributed by atoms with Crippen LogP contribution in [-0.2, 0) is 14.6 Å². The Morgan fingerprint density at radius 2 is 1.80 bits per heavy atom. The van der Waals surface area contributed by atoms with E-state index >= 15 is 0 Å². The van der Waals surface area contributed by atoms with Crippen LogP contribution in [0.25, 0.3) is 0 Å². The lowest BCUT2D eigenvalue weighted by Crippen LogP contribution is -2.22. The van der Waals surface area contributed by atoms with Crippen LogP contribution in [-0.4, -0.2) is 31.0 Å². The van der Waals surface area contributed by atoms with Crippen LogP contribution in [0.5, 0.6) is 0 Å². The number of hydrogen-bond donors (Lipinski definition) is 1. The fourth-order valence-electron chi connectivity index (χ4n) is 2.04. The third-order valence-corrected chi connectivity index (χ3v) is 4.65. The lowest BCUT2D eigenvalue weighted by Gasteiger charge is -2.20. The maximum Gasteiger partial charge on any atom is 0.304 e. The summed E-state index contributed by atoms with van der Waals surface area (Å²) in [5.74, 6) is -0.807. The molecule has 0 aromatic heterocycles. The molecule has 88 valence electrons. The highest BCUT2D eigenvalue weighted by Crippen LogP contribution is 2.25. The maximum absolute atomic E-state index is 11.5. The minimum Gasteiger partial charge on any atom is -0.481 e. The molecule has 1 fully saturated rings. The van der Waals surface area contributed by atoms with Crippen LogP contribution in [0, 0.1) is 5.92 Å². The Labute approximate surface area is 90.6 Å². The standard InChI is InChI=1S/C10H18O4S/c11-10(12)6-7-15(13,14)8-9-4-2-1-3-5-9/h9H,1-8H2,(H,11,12). The first-order valence-electron chi connectivity index (χ1n) is 5.42. The van der Waals surface area contributed by atoms with Gasteiger partial charge in [-0.05, 0) is 18.8 Å². The van der Waals surface area contributed by atoms with Crippen LogP contribution in [0.1, 0.15) is 38.5 Å². The van der Waals surface area contributed by atoms with E-state index in [-0.39, 0.29) is 23.8 Å². The van der Waals surface area contributed by atoms with Crippen molar-refractivity contribution < 1.29 is 18.3 Å². The van der Waals surface area contributed by atoms with Crippen LogP contribution in [0.3, 0.4) is 0 Å². The fourth-order valence-corrected chi connectivity index (χ4v) is 3.74. The number of carboxylic acids is 1. The van der Waals surface area contributed by atoms with Crippen molar-refractivity contribution in [2.45, 2.75) is 38.5 Å². The number of rotatable bonds is 5. The molecule has 1 saturated carbocycles. The van der Waals surface area contributed by atoms with Crippen LogP contribution in [0.4, 0.5) is 0 Å². The number of aliphatic carboxylic acids is 1. The molecule has 1 rings (SSSR count). The summed E-state index contributed by atoms with van der Waals surface area (Å²) in [6.45, 7) is 0. The van der Waals surface area contributed by atoms with E-state index in [1.165, 1.54) is 6.42 Å². The number of hydrogen-bond acceptors (Lipinski definition) is 3. The SMILES string of the molecule is O=C(O)CCS(=O)(=O)CC1CCCCC1. The quantitative estimate of drug-likeness (QED) is 0.781. The summed E-state index contributed by atoms with van der Waals surface area (Å²) in [5.41, 5.74) is 0. The lowest BCUT2D eigenvalue weighted by molar-refractivity contribution is -0.136. The second-order valence-corrected chi connectivity index (χ2v) is 6.49. The first-order chi connectivity index (χ1) is 6.99. The minimum absolute atomic E-state index is 0.181. The molecule has 0 atom stereocenters. The molecule has 0 bridgehead atoms. The molecular weight excluding hydrogens is 216 g/mol. The van der Waals surface area contributed by atoms with E-state index in [0.29, 0.717) is 0 Å². The molecule has 5 heteroatoms. The van der Waals surface area contributed by atoms with E-state index < -0.39 is 15.8 Å². The topological polar surface area (TPSA) is 71.4 Å². The van der Waals surface area contributed by atoms with Gasteiger partial charge in [-0.1, -0.05) is 19.3 Å². The van der Waals surface area contributed by atoms with Gasteiger partial charge in [0.2, 0.25) is 0 Å². The average Bonchev–Trinajstić information content (AvgIpc) is 2.16. The Morgan fingerprint density at radius 3 is 2.33 bits per heavy atom. The zero-order valence-corrected chi connectivity index (χ0v) is 9.63. The summed E-state index contributed by atoms with van der Waals surface area (Å²) in [7, 11) is -3.16. The van der Waals surface area contributed by atoms with Crippen molar-refractivity contribution in [2.75, 3.05) is 11.5 Å². The highest BCUT2D eigenvalue weighted by Gasteiger charge is 2.21. The molecule has 0 heterocycles. The molecule has 0 amide bonds. The number of carbonyl (C=O) groups is 1. The molecule has 1 aliphatic rings. The van der Waals surface area contributed by atoms with Gasteiger partial charge in [-0.3, -0.25) is 4.79 Å². The highest BCUT2D eigenvalue weighted by molar-refractivity contribution is 7.91. The van der Waals surface area contributed by atoms with Gasteiger partial charge in [0.25, 0.3) is 0 Å². The predicted molar refractivity (Wildman–Crippen MR) is 57.5 cm³/mol. The summed E-state index contributed by atoms with van der Waals surface area (Å²) >= 11 is 0. The van der Waals surface area contributed by atoms with E-state index in [2.05, 4.69) is 0 Å². The minimum atomic E-state index is -3.16. The summed E-state index contributed by atoms with van der Waals surface area (Å²) in [6.07, 6.45) is 5.11. The summed E-state index contributed by atoms with van der Waals surface area (Å²) in [4.78, 5) is 10.3. The van der Waals surface area contributed by atoms with Gasteiger partial charge in [-0.2, -0.15) is 0 Å². The van der Waals surface area contributed by atoms with E-state index in [1.54, 1.807) is 0 Å². The van der Waals surface area contributed by atoms with E-state index in [0.717, 1.165) is 25.7 Å². The smallest absolute Gasteiger partial charge is 0.304 e. The maximum atomic E-state index is 11.5. The molecule has 0 unspecified atom stereocenters. The van der Waals surface area contributed by atoms with Crippen LogP contribution >= 0.6 is 0 Å². The molecule has 1 N–H and O–H groups in total. The van der Waals surface area contributed by atoms with E-state index in [4.69, 9.17) is 5.11 Å². The van der Waals surface area contributed by atoms with Gasteiger partial charge in [0.15, 0.2) is 9.84 Å². The monoisotopic (exact) mass is 234 g/mol. The molecule has 1 aliphatic carbocycles. The molecule has 4 nitrogen and oxygen atoms in total. The van der Waals surface area contributed by atoms with Crippen molar-refractivity contribution >= 4 is 15.8 Å². The van der Waals surface area contributed by atoms with Gasteiger partial charge in [-0.25, -0.2) is 8.42 Å². The van der Waals surface area contributed by atoms with E-state index in [1.807, 2.05) is 0 Å². The first-order valence-corrected chi connectivity index (χ1v) is 7.24. The van der Waals surface area contributed by atoms with Crippen molar-refractivity contribution in [3.63, 3.8) is 0 Å². The van der Waals surface area contributed by atoms with E-state index in [9.17, 15) is 13.2 Å². The fraction of sp³-hybridized carbons (Fsp3) is 0.900. The van der Waals surface area contributed by atoms with Crippen LogP contribution in [0.2, 0.25) is 0 Å². The molecule has 0 aliphatic heterocycles. The van der Waals surface area contributed by atoms with Gasteiger partial charge >= 0.3 is 5.97 Å². The molecule has 0 spiro atoms. The lowest BCUT2D eigenvalue weighted by atomic mass is 9.91. The summed E-state index contributed by atoms with van der Waals surface area (Å²) in [5, 5.41) is 8.42. The molecule has 0 aromatic rings. The Kier molecular flexibility index (Phi) is 4.57. The van der Waals surface area contributed by atoms with Crippen LogP contribution < -0.4 is 0 Å². The van der Waals surface area contributed by atoms with Crippen molar-refractivity contribution in [1.82, 2.24) is 0 Å². The normalized spacial score (nSPS) is 18.9. The van der Waals surface area contributed by atoms with Crippen molar-refractivity contribution in [2.24, 2.45) is 5.92 Å². The Hall–Kier alpha value is -0.580. The Morgan fingerprint density at radius 1 is 1.20 bits per heavy atom. The molecule has 0 radical (unpaired) electrons. The van der Waals surface area contributed by atoms with Crippen LogP contribution in [0.15, 0.2) is 0 Å². The second-order valence-electron chi connectivity index (χ2n) is 4.26. The second kappa shape index (κ2) is 5.49. The van der Waals surface area contributed by atoms with Gasteiger partial charge in [0.05, 0.1) is 17.9 Å². The molecule has 15 heavy (non-hydrogen) atoms. The third-order valence-electron chi connectivity index (χ3n) is 2.84. The average molecular weight is 234 g/mol. The zero-order valence-electron chi connectivity index (χ0n) is 8.81. The predicted octanol–water partition coefficient (Wildman–Crippen LogP) is 1.46. The first kappa shape index (κ1) is 12.5. The van der Waals surface area contributed by atoms with Crippen molar-refractivity contribution in [1.29, 1.82) is 0 Å². The van der Waals surface area contributed by atoms with Gasteiger partial charge in [-0.15, -0.1) is 0 Å². The molecular formula is C10H18O4S. The zero-order chi connectivity index (χ0) is 11.3. The number of carboxylic acid groups (broad SMARTS) is 1. The highest BCUT2D eigenvalue weighted by atomic mass is 32.2. The van der Waals surface area contributed by atoms with Gasteiger partial charge in [0, 0.05) is 0 Å². The Balaban J connectivity index is 2.37. The van der Waals surface area contributed by atoms with Crippen molar-refractivity contribution in [3.05, 3.63) is 0 Å². The third kappa shape index (κ3) is 5.16. The molecule has 0 saturated heterocycles. The largest absolute Gasteiger partial charge is 0.481 e. The number of sulfone groups is 1.